The molecule has 198 valence electrons. The second-order valence-corrected chi connectivity index (χ2v) is 9.99. The van der Waals surface area contributed by atoms with Crippen molar-refractivity contribution in [1.82, 2.24) is 4.31 Å². The molecule has 2 aromatic carbocycles. The molecule has 0 aromatic heterocycles. The summed E-state index contributed by atoms with van der Waals surface area (Å²) in [4.78, 5) is 35.7. The van der Waals surface area contributed by atoms with E-state index in [1.165, 1.54) is 43.5 Å². The van der Waals surface area contributed by atoms with Gasteiger partial charge in [-0.3, -0.25) is 9.59 Å². The van der Waals surface area contributed by atoms with E-state index in [9.17, 15) is 22.8 Å². The van der Waals surface area contributed by atoms with Crippen LogP contribution in [0.2, 0.25) is 0 Å². The van der Waals surface area contributed by atoms with Gasteiger partial charge >= 0.3 is 5.97 Å². The number of rotatable bonds is 9. The SMILES string of the molecule is COc1ccc(/C=C/C(=O)O[C@H](C)C(=O)Nc2ccc(NC(C)=O)cc2)cc1S(=O)(=O)N1CCOCC1. The number of nitrogens with zero attached hydrogens (tertiary/aromatic N) is 1. The Morgan fingerprint density at radius 1 is 1.03 bits per heavy atom. The molecule has 37 heavy (non-hydrogen) atoms. The van der Waals surface area contributed by atoms with Crippen LogP contribution in [0.1, 0.15) is 19.4 Å². The van der Waals surface area contributed by atoms with Gasteiger partial charge in [-0.2, -0.15) is 4.31 Å². The summed E-state index contributed by atoms with van der Waals surface area (Å²) in [5.74, 6) is -1.36. The second-order valence-electron chi connectivity index (χ2n) is 8.09. The van der Waals surface area contributed by atoms with Crippen LogP contribution < -0.4 is 15.4 Å². The van der Waals surface area contributed by atoms with Crippen LogP contribution in [0.5, 0.6) is 5.75 Å². The third-order valence-electron chi connectivity index (χ3n) is 5.32. The molecule has 2 aromatic rings. The summed E-state index contributed by atoms with van der Waals surface area (Å²) in [5.41, 5.74) is 1.47. The number of hydrogen-bond donors (Lipinski definition) is 2. The molecule has 1 saturated heterocycles. The maximum Gasteiger partial charge on any atom is 0.331 e. The number of anilines is 2. The van der Waals surface area contributed by atoms with Gasteiger partial charge in [-0.1, -0.05) is 6.07 Å². The van der Waals surface area contributed by atoms with Gasteiger partial charge in [0.1, 0.15) is 10.6 Å². The van der Waals surface area contributed by atoms with E-state index >= 15 is 0 Å². The highest BCUT2D eigenvalue weighted by molar-refractivity contribution is 7.89. The second kappa shape index (κ2) is 12.5. The Morgan fingerprint density at radius 2 is 1.65 bits per heavy atom. The number of sulfonamides is 1. The molecule has 1 aliphatic rings. The molecular weight excluding hydrogens is 502 g/mol. The number of methoxy groups -OCH3 is 1. The van der Waals surface area contributed by atoms with Crippen molar-refractivity contribution in [2.24, 2.45) is 0 Å². The minimum atomic E-state index is -3.83. The molecular formula is C25H29N3O8S. The Morgan fingerprint density at radius 3 is 2.24 bits per heavy atom. The van der Waals surface area contributed by atoms with Gasteiger partial charge in [0.05, 0.1) is 20.3 Å². The zero-order valence-corrected chi connectivity index (χ0v) is 21.5. The number of hydrogen-bond acceptors (Lipinski definition) is 8. The quantitative estimate of drug-likeness (QED) is 0.371. The third kappa shape index (κ3) is 7.62. The van der Waals surface area contributed by atoms with Crippen molar-refractivity contribution in [3.8, 4) is 5.75 Å². The van der Waals surface area contributed by atoms with Crippen LogP contribution in [0.25, 0.3) is 6.08 Å². The highest BCUT2D eigenvalue weighted by Crippen LogP contribution is 2.29. The first-order valence-corrected chi connectivity index (χ1v) is 12.9. The van der Waals surface area contributed by atoms with E-state index in [-0.39, 0.29) is 29.6 Å². The van der Waals surface area contributed by atoms with Crippen LogP contribution >= 0.6 is 0 Å². The number of benzene rings is 2. The Balaban J connectivity index is 1.63. The van der Waals surface area contributed by atoms with Gasteiger partial charge in [-0.25, -0.2) is 13.2 Å². The monoisotopic (exact) mass is 531 g/mol. The average molecular weight is 532 g/mol. The molecule has 0 radical (unpaired) electrons. The number of esters is 1. The molecule has 0 saturated carbocycles. The minimum absolute atomic E-state index is 0.0234. The van der Waals surface area contributed by atoms with E-state index in [4.69, 9.17) is 14.2 Å². The largest absolute Gasteiger partial charge is 0.495 e. The number of carbonyl (C=O) groups excluding carboxylic acids is 3. The van der Waals surface area contributed by atoms with Gasteiger partial charge in [-0.15, -0.1) is 0 Å². The molecule has 0 aliphatic carbocycles. The summed E-state index contributed by atoms with van der Waals surface area (Å²) in [6.07, 6.45) is 1.41. The normalized spacial score (nSPS) is 15.1. The molecule has 12 heteroatoms. The lowest BCUT2D eigenvalue weighted by atomic mass is 10.2. The topological polar surface area (TPSA) is 140 Å². The summed E-state index contributed by atoms with van der Waals surface area (Å²) < 4.78 is 43.2. The van der Waals surface area contributed by atoms with Crippen molar-refractivity contribution in [1.29, 1.82) is 0 Å². The van der Waals surface area contributed by atoms with Gasteiger partial charge in [0.2, 0.25) is 15.9 Å². The van der Waals surface area contributed by atoms with E-state index in [1.54, 1.807) is 30.3 Å². The number of carbonyl (C=O) groups is 3. The molecule has 0 unspecified atom stereocenters. The number of amides is 2. The van der Waals surface area contributed by atoms with Crippen LogP contribution in [0.3, 0.4) is 0 Å². The fourth-order valence-corrected chi connectivity index (χ4v) is 5.04. The molecule has 0 spiro atoms. The van der Waals surface area contributed by atoms with Crippen molar-refractivity contribution < 1.29 is 37.0 Å². The Hall–Kier alpha value is -3.74. The molecule has 0 bridgehead atoms. The van der Waals surface area contributed by atoms with Gasteiger partial charge < -0.3 is 24.8 Å². The lowest BCUT2D eigenvalue weighted by Gasteiger charge is -2.26. The first kappa shape index (κ1) is 27.8. The summed E-state index contributed by atoms with van der Waals surface area (Å²) >= 11 is 0. The number of nitrogens with one attached hydrogen (secondary N) is 2. The lowest BCUT2D eigenvalue weighted by Crippen LogP contribution is -2.40. The Kier molecular flexibility index (Phi) is 9.39. The van der Waals surface area contributed by atoms with E-state index in [2.05, 4.69) is 10.6 Å². The Labute approximate surface area is 215 Å². The van der Waals surface area contributed by atoms with Crippen molar-refractivity contribution in [2.75, 3.05) is 44.0 Å². The molecule has 1 aliphatic heterocycles. The smallest absolute Gasteiger partial charge is 0.331 e. The minimum Gasteiger partial charge on any atom is -0.495 e. The van der Waals surface area contributed by atoms with Crippen molar-refractivity contribution >= 4 is 45.3 Å². The lowest BCUT2D eigenvalue weighted by molar-refractivity contribution is -0.148. The number of ether oxygens (including phenoxy) is 3. The van der Waals surface area contributed by atoms with E-state index in [1.807, 2.05) is 0 Å². The highest BCUT2D eigenvalue weighted by atomic mass is 32.2. The van der Waals surface area contributed by atoms with E-state index < -0.39 is 28.0 Å². The molecule has 1 atom stereocenters. The summed E-state index contributed by atoms with van der Waals surface area (Å²) in [6.45, 7) is 3.89. The predicted molar refractivity (Wildman–Crippen MR) is 137 cm³/mol. The number of morpholine rings is 1. The Bertz CT molecular complexity index is 1270. The first-order chi connectivity index (χ1) is 17.6. The molecule has 3 rings (SSSR count). The summed E-state index contributed by atoms with van der Waals surface area (Å²) in [7, 11) is -2.45. The maximum atomic E-state index is 13.1. The zero-order valence-electron chi connectivity index (χ0n) is 20.7. The molecule has 11 nitrogen and oxygen atoms in total. The van der Waals surface area contributed by atoms with Crippen LogP contribution in [-0.4, -0.2) is 70.0 Å². The highest BCUT2D eigenvalue weighted by Gasteiger charge is 2.29. The maximum absolute atomic E-state index is 13.1. The molecule has 2 amide bonds. The zero-order chi connectivity index (χ0) is 27.0. The fourth-order valence-electron chi connectivity index (χ4n) is 3.44. The van der Waals surface area contributed by atoms with Crippen LogP contribution in [-0.2, 0) is 33.9 Å². The van der Waals surface area contributed by atoms with Crippen LogP contribution in [0.4, 0.5) is 11.4 Å². The van der Waals surface area contributed by atoms with Gasteiger partial charge in [0.15, 0.2) is 6.10 Å². The summed E-state index contributed by atoms with van der Waals surface area (Å²) in [5, 5.41) is 5.24. The first-order valence-electron chi connectivity index (χ1n) is 11.4. The van der Waals surface area contributed by atoms with Gasteiger partial charge in [0.25, 0.3) is 5.91 Å². The van der Waals surface area contributed by atoms with E-state index in [0.717, 1.165) is 6.08 Å². The fraction of sp³-hybridized carbons (Fsp3) is 0.320. The standard InChI is InChI=1S/C25H29N3O8S/c1-17(25(31)27-21-8-6-20(7-9-21)26-18(2)29)36-24(30)11-5-19-4-10-22(34-3)23(16-19)37(32,33)28-12-14-35-15-13-28/h4-11,16-17H,12-15H2,1-3H3,(H,26,29)(H,27,31)/b11-5+/t17-/m1/s1. The predicted octanol–water partition coefficient (Wildman–Crippen LogP) is 2.26. The van der Waals surface area contributed by atoms with Gasteiger partial charge in [-0.05, 0) is 55.0 Å². The third-order valence-corrected chi connectivity index (χ3v) is 7.24. The van der Waals surface area contributed by atoms with Crippen molar-refractivity contribution in [2.45, 2.75) is 24.8 Å². The van der Waals surface area contributed by atoms with E-state index in [0.29, 0.717) is 30.2 Å². The molecule has 1 fully saturated rings. The van der Waals surface area contributed by atoms with Crippen molar-refractivity contribution in [3.63, 3.8) is 0 Å². The molecule has 2 N–H and O–H groups in total. The molecule has 1 heterocycles. The van der Waals surface area contributed by atoms with Crippen LogP contribution in [0, 0.1) is 0 Å². The van der Waals surface area contributed by atoms with Crippen LogP contribution in [0.15, 0.2) is 53.4 Å². The van der Waals surface area contributed by atoms with Gasteiger partial charge in [0, 0.05) is 37.5 Å². The average Bonchev–Trinajstić information content (AvgIpc) is 2.88. The summed E-state index contributed by atoms with van der Waals surface area (Å²) in [6, 6.07) is 11.0. The van der Waals surface area contributed by atoms with Crippen molar-refractivity contribution in [3.05, 3.63) is 54.1 Å².